The number of hydrogen-bond donors (Lipinski definition) is 0. The van der Waals surface area contributed by atoms with Crippen LogP contribution >= 0.6 is 0 Å². The lowest BCUT2D eigenvalue weighted by molar-refractivity contribution is 0.303. The van der Waals surface area contributed by atoms with Crippen molar-refractivity contribution in [3.05, 3.63) is 77.2 Å². The van der Waals surface area contributed by atoms with Crippen LogP contribution in [0.5, 0.6) is 0 Å². The molecule has 2 aromatic carbocycles. The zero-order chi connectivity index (χ0) is 16.9. The van der Waals surface area contributed by atoms with Crippen LogP contribution in [0.4, 0.5) is 0 Å². The summed E-state index contributed by atoms with van der Waals surface area (Å²) in [5.74, 6) is 0.169. The van der Waals surface area contributed by atoms with Crippen LogP contribution in [0.1, 0.15) is 31.0 Å². The van der Waals surface area contributed by atoms with Crippen LogP contribution < -0.4 is 0 Å². The van der Waals surface area contributed by atoms with Crippen LogP contribution in [0, 0.1) is 5.92 Å². The second-order valence-corrected chi connectivity index (χ2v) is 7.75. The predicted molar refractivity (Wildman–Crippen MR) is 96.2 cm³/mol. The molecule has 0 fully saturated rings. The van der Waals surface area contributed by atoms with Crippen molar-refractivity contribution in [3.8, 4) is 0 Å². The summed E-state index contributed by atoms with van der Waals surface area (Å²) >= 11 is 0. The van der Waals surface area contributed by atoms with Crippen LogP contribution in [-0.2, 0) is 10.0 Å². The summed E-state index contributed by atoms with van der Waals surface area (Å²) < 4.78 is 26.8. The van der Waals surface area contributed by atoms with E-state index in [4.69, 9.17) is 0 Å². The molecule has 0 heterocycles. The average Bonchev–Trinajstić information content (AvgIpc) is 2.55. The molecule has 0 aliphatic rings. The Morgan fingerprint density at radius 2 is 1.43 bits per heavy atom. The molecule has 23 heavy (non-hydrogen) atoms. The van der Waals surface area contributed by atoms with Crippen molar-refractivity contribution in [1.29, 1.82) is 0 Å². The maximum atomic E-state index is 12.7. The Hall–Kier alpha value is -1.91. The lowest BCUT2D eigenvalue weighted by Crippen LogP contribution is -2.32. The second-order valence-electron chi connectivity index (χ2n) is 5.87. The van der Waals surface area contributed by atoms with Gasteiger partial charge < -0.3 is 0 Å². The summed E-state index contributed by atoms with van der Waals surface area (Å²) in [6, 6.07) is 19.0. The molecule has 2 rings (SSSR count). The Balaban J connectivity index is 2.28. The van der Waals surface area contributed by atoms with Gasteiger partial charge in [-0.05, 0) is 23.1 Å². The fourth-order valence-corrected chi connectivity index (χ4v) is 3.85. The normalized spacial score (nSPS) is 13.8. The van der Waals surface area contributed by atoms with E-state index in [0.717, 1.165) is 11.1 Å². The Labute approximate surface area is 139 Å². The van der Waals surface area contributed by atoms with E-state index in [-0.39, 0.29) is 12.0 Å². The molecule has 0 aliphatic heterocycles. The first-order chi connectivity index (χ1) is 10.9. The van der Waals surface area contributed by atoms with E-state index in [2.05, 4.69) is 0 Å². The highest BCUT2D eigenvalue weighted by Crippen LogP contribution is 2.30. The lowest BCUT2D eigenvalue weighted by Gasteiger charge is -2.30. The van der Waals surface area contributed by atoms with E-state index >= 15 is 0 Å². The van der Waals surface area contributed by atoms with Crippen molar-refractivity contribution in [3.63, 3.8) is 0 Å². The van der Waals surface area contributed by atoms with Gasteiger partial charge in [0.2, 0.25) is 10.0 Å². The number of sulfonamides is 1. The molecule has 0 spiro atoms. The van der Waals surface area contributed by atoms with E-state index in [0.29, 0.717) is 0 Å². The van der Waals surface area contributed by atoms with Crippen molar-refractivity contribution in [2.75, 3.05) is 7.05 Å². The molecule has 0 aliphatic carbocycles. The Kier molecular flexibility index (Phi) is 5.74. The highest BCUT2D eigenvalue weighted by molar-refractivity contribution is 7.92. The molecule has 0 amide bonds. The van der Waals surface area contributed by atoms with Gasteiger partial charge in [-0.1, -0.05) is 74.5 Å². The molecule has 0 radical (unpaired) electrons. The zero-order valence-corrected chi connectivity index (χ0v) is 14.6. The molecule has 0 bridgehead atoms. The number of benzene rings is 2. The summed E-state index contributed by atoms with van der Waals surface area (Å²) in [6.45, 7) is 4.06. The molecule has 0 saturated carbocycles. The summed E-state index contributed by atoms with van der Waals surface area (Å²) in [6.07, 6.45) is 1.63. The summed E-state index contributed by atoms with van der Waals surface area (Å²) in [5.41, 5.74) is 1.87. The van der Waals surface area contributed by atoms with E-state index in [1.54, 1.807) is 13.1 Å². The summed E-state index contributed by atoms with van der Waals surface area (Å²) in [4.78, 5) is 0. The molecule has 3 nitrogen and oxygen atoms in total. The molecule has 2 aromatic rings. The molecule has 4 heteroatoms. The first-order valence-corrected chi connectivity index (χ1v) is 9.18. The topological polar surface area (TPSA) is 37.4 Å². The summed E-state index contributed by atoms with van der Waals surface area (Å²) in [7, 11) is -1.86. The van der Waals surface area contributed by atoms with Crippen LogP contribution in [-0.4, -0.2) is 19.8 Å². The fourth-order valence-electron chi connectivity index (χ4n) is 2.65. The van der Waals surface area contributed by atoms with Crippen molar-refractivity contribution in [1.82, 2.24) is 4.31 Å². The third kappa shape index (κ3) is 4.53. The van der Waals surface area contributed by atoms with Crippen LogP contribution in [0.3, 0.4) is 0 Å². The minimum atomic E-state index is -3.50. The Bertz CT molecular complexity index is 737. The van der Waals surface area contributed by atoms with E-state index in [1.165, 1.54) is 9.71 Å². The van der Waals surface area contributed by atoms with Crippen molar-refractivity contribution >= 4 is 16.1 Å². The smallest absolute Gasteiger partial charge is 0.207 e. The van der Waals surface area contributed by atoms with Gasteiger partial charge in [0.05, 0.1) is 6.04 Å². The highest BCUT2D eigenvalue weighted by atomic mass is 32.2. The zero-order valence-electron chi connectivity index (χ0n) is 13.8. The third-order valence-corrected chi connectivity index (χ3v) is 5.31. The molecule has 0 saturated heterocycles. The number of rotatable bonds is 6. The maximum Gasteiger partial charge on any atom is 0.236 e. The maximum absolute atomic E-state index is 12.7. The van der Waals surface area contributed by atoms with Crippen LogP contribution in [0.2, 0.25) is 0 Å². The van der Waals surface area contributed by atoms with Gasteiger partial charge >= 0.3 is 0 Å². The highest BCUT2D eigenvalue weighted by Gasteiger charge is 2.28. The molecular formula is C19H23NO2S. The molecule has 0 N–H and O–H groups in total. The van der Waals surface area contributed by atoms with Crippen LogP contribution in [0.25, 0.3) is 6.08 Å². The van der Waals surface area contributed by atoms with Crippen molar-refractivity contribution in [2.45, 2.75) is 19.9 Å². The van der Waals surface area contributed by atoms with E-state index in [9.17, 15) is 8.42 Å². The minimum absolute atomic E-state index is 0.169. The molecule has 122 valence electrons. The predicted octanol–water partition coefficient (Wildman–Crippen LogP) is 4.32. The lowest BCUT2D eigenvalue weighted by atomic mass is 9.96. The second kappa shape index (κ2) is 7.57. The number of hydrogen-bond acceptors (Lipinski definition) is 2. The van der Waals surface area contributed by atoms with E-state index < -0.39 is 10.0 Å². The minimum Gasteiger partial charge on any atom is -0.207 e. The average molecular weight is 329 g/mol. The van der Waals surface area contributed by atoms with Gasteiger partial charge in [-0.25, -0.2) is 8.42 Å². The molecule has 1 unspecified atom stereocenters. The fraction of sp³-hybridized carbons (Fsp3) is 0.263. The van der Waals surface area contributed by atoms with E-state index in [1.807, 2.05) is 74.5 Å². The quantitative estimate of drug-likeness (QED) is 0.791. The van der Waals surface area contributed by atoms with Gasteiger partial charge in [-0.2, -0.15) is 4.31 Å². The standard InChI is InChI=1S/C19H23NO2S/c1-16(2)19(18-12-8-5-9-13-18)20(3)23(21,22)15-14-17-10-6-4-7-11-17/h4-16,19H,1-3H3. The first-order valence-electron chi connectivity index (χ1n) is 7.68. The molecule has 1 atom stereocenters. The summed E-state index contributed by atoms with van der Waals surface area (Å²) in [5, 5.41) is 1.28. The van der Waals surface area contributed by atoms with Crippen molar-refractivity contribution < 1.29 is 8.42 Å². The van der Waals surface area contributed by atoms with Gasteiger partial charge in [-0.3, -0.25) is 0 Å². The largest absolute Gasteiger partial charge is 0.236 e. The monoisotopic (exact) mass is 329 g/mol. The molecular weight excluding hydrogens is 306 g/mol. The van der Waals surface area contributed by atoms with Crippen LogP contribution in [0.15, 0.2) is 66.1 Å². The Morgan fingerprint density at radius 1 is 0.913 bits per heavy atom. The van der Waals surface area contributed by atoms with Gasteiger partial charge in [0.15, 0.2) is 0 Å². The Morgan fingerprint density at radius 3 is 1.96 bits per heavy atom. The van der Waals surface area contributed by atoms with Gasteiger partial charge in [-0.15, -0.1) is 0 Å². The van der Waals surface area contributed by atoms with Gasteiger partial charge in [0.1, 0.15) is 0 Å². The SMILES string of the molecule is CC(C)C(c1ccccc1)N(C)S(=O)(=O)C=Cc1ccccc1. The third-order valence-electron chi connectivity index (χ3n) is 3.80. The van der Waals surface area contributed by atoms with Crippen molar-refractivity contribution in [2.24, 2.45) is 5.92 Å². The molecule has 0 aromatic heterocycles. The number of nitrogens with zero attached hydrogens (tertiary/aromatic N) is 1. The first kappa shape index (κ1) is 17.4. The van der Waals surface area contributed by atoms with Gasteiger partial charge in [0, 0.05) is 12.5 Å². The van der Waals surface area contributed by atoms with Gasteiger partial charge in [0.25, 0.3) is 0 Å².